The van der Waals surface area contributed by atoms with Crippen LogP contribution in [0.4, 0.5) is 0 Å². The number of thioether (sulfide) groups is 1. The molecule has 1 amide bonds. The van der Waals surface area contributed by atoms with Crippen LogP contribution >= 0.6 is 24.0 Å². The number of carbonyl (C=O) groups excluding carboxylic acids is 2. The number of carboxylic acids is 1. The number of hydrogen-bond donors (Lipinski definition) is 1. The summed E-state index contributed by atoms with van der Waals surface area (Å²) in [7, 11) is 0. The minimum absolute atomic E-state index is 0.212. The molecule has 24 heavy (non-hydrogen) atoms. The summed E-state index contributed by atoms with van der Waals surface area (Å²) in [6, 6.07) is 5.78. The fourth-order valence-corrected chi connectivity index (χ4v) is 3.70. The Kier molecular flexibility index (Phi) is 5.90. The van der Waals surface area contributed by atoms with E-state index in [0.717, 1.165) is 23.6 Å². The van der Waals surface area contributed by atoms with Gasteiger partial charge in [0.15, 0.2) is 0 Å². The summed E-state index contributed by atoms with van der Waals surface area (Å²) >= 11 is 6.33. The van der Waals surface area contributed by atoms with Gasteiger partial charge < -0.3 is 5.11 Å². The summed E-state index contributed by atoms with van der Waals surface area (Å²) in [5.74, 6) is -1.66. The molecule has 2 unspecified atom stereocenters. The van der Waals surface area contributed by atoms with E-state index >= 15 is 0 Å². The molecule has 1 heterocycles. The van der Waals surface area contributed by atoms with Gasteiger partial charge in [-0.2, -0.15) is 0 Å². The molecule has 7 heteroatoms. The fraction of sp³-hybridized carbons (Fsp3) is 0.294. The van der Waals surface area contributed by atoms with Crippen LogP contribution in [0, 0.1) is 5.92 Å². The van der Waals surface area contributed by atoms with Crippen molar-refractivity contribution in [3.8, 4) is 0 Å². The molecule has 0 spiro atoms. The van der Waals surface area contributed by atoms with Crippen molar-refractivity contribution in [1.29, 1.82) is 0 Å². The van der Waals surface area contributed by atoms with Crippen LogP contribution < -0.4 is 0 Å². The van der Waals surface area contributed by atoms with Crippen molar-refractivity contribution < 1.29 is 19.5 Å². The van der Waals surface area contributed by atoms with Crippen molar-refractivity contribution in [3.05, 3.63) is 40.3 Å². The number of benzene rings is 1. The number of carbonyl (C=O) groups is 3. The van der Waals surface area contributed by atoms with E-state index in [0.29, 0.717) is 16.9 Å². The number of aldehydes is 1. The Morgan fingerprint density at radius 1 is 1.33 bits per heavy atom. The zero-order chi connectivity index (χ0) is 17.9. The highest BCUT2D eigenvalue weighted by Gasteiger charge is 2.42. The minimum Gasteiger partial charge on any atom is -0.480 e. The van der Waals surface area contributed by atoms with Gasteiger partial charge in [0.05, 0.1) is 4.91 Å². The average molecular weight is 363 g/mol. The molecule has 1 aromatic rings. The average Bonchev–Trinajstić information content (AvgIpc) is 2.83. The van der Waals surface area contributed by atoms with Gasteiger partial charge in [-0.3, -0.25) is 14.5 Å². The zero-order valence-electron chi connectivity index (χ0n) is 13.3. The maximum absolute atomic E-state index is 12.6. The Hall–Kier alpha value is -1.99. The van der Waals surface area contributed by atoms with Crippen LogP contribution in [0.1, 0.15) is 36.2 Å². The maximum Gasteiger partial charge on any atom is 0.327 e. The highest BCUT2D eigenvalue weighted by atomic mass is 32.2. The van der Waals surface area contributed by atoms with E-state index in [2.05, 4.69) is 0 Å². The maximum atomic E-state index is 12.6. The minimum atomic E-state index is -1.06. The third-order valence-electron chi connectivity index (χ3n) is 3.91. The molecule has 2 atom stereocenters. The number of thiocarbonyl (C=S) groups is 1. The van der Waals surface area contributed by atoms with E-state index in [9.17, 15) is 19.5 Å². The third kappa shape index (κ3) is 3.73. The van der Waals surface area contributed by atoms with Crippen LogP contribution in [0.25, 0.3) is 6.08 Å². The van der Waals surface area contributed by atoms with Crippen molar-refractivity contribution in [3.63, 3.8) is 0 Å². The van der Waals surface area contributed by atoms with Gasteiger partial charge in [0.2, 0.25) is 0 Å². The first-order valence-electron chi connectivity index (χ1n) is 7.44. The van der Waals surface area contributed by atoms with Crippen molar-refractivity contribution in [1.82, 2.24) is 4.90 Å². The van der Waals surface area contributed by atoms with Gasteiger partial charge in [0.25, 0.3) is 5.91 Å². The van der Waals surface area contributed by atoms with Crippen LogP contribution in [0.2, 0.25) is 0 Å². The SMILES string of the molecule is CCC(C)C(C(=O)O)N1C(=O)/C(=C\c2ccc(C=O)cc2)SC1=S. The Bertz CT molecular complexity index is 712. The summed E-state index contributed by atoms with van der Waals surface area (Å²) in [4.78, 5) is 36.5. The van der Waals surface area contributed by atoms with Crippen LogP contribution in [0.3, 0.4) is 0 Å². The van der Waals surface area contributed by atoms with Crippen molar-refractivity contribution in [2.45, 2.75) is 26.3 Å². The second-order valence-electron chi connectivity index (χ2n) is 5.50. The number of amides is 1. The molecular formula is C17H17NO4S2. The van der Waals surface area contributed by atoms with Gasteiger partial charge in [-0.05, 0) is 17.6 Å². The van der Waals surface area contributed by atoms with Crippen molar-refractivity contribution in [2.24, 2.45) is 5.92 Å². The molecule has 0 saturated carbocycles. The second-order valence-corrected chi connectivity index (χ2v) is 7.18. The summed E-state index contributed by atoms with van der Waals surface area (Å²) in [6.07, 6.45) is 3.02. The molecule has 0 aliphatic carbocycles. The molecule has 0 bridgehead atoms. The van der Waals surface area contributed by atoms with Crippen molar-refractivity contribution in [2.75, 3.05) is 0 Å². The van der Waals surface area contributed by atoms with Gasteiger partial charge in [-0.15, -0.1) is 0 Å². The first-order chi connectivity index (χ1) is 11.4. The summed E-state index contributed by atoms with van der Waals surface area (Å²) in [5, 5.41) is 9.49. The van der Waals surface area contributed by atoms with Crippen LogP contribution in [-0.2, 0) is 9.59 Å². The van der Waals surface area contributed by atoms with Crippen LogP contribution in [0.15, 0.2) is 29.2 Å². The number of rotatable bonds is 6. The molecule has 1 fully saturated rings. The first-order valence-corrected chi connectivity index (χ1v) is 8.66. The summed E-state index contributed by atoms with van der Waals surface area (Å²) in [5.41, 5.74) is 1.29. The number of aliphatic carboxylic acids is 1. The monoisotopic (exact) mass is 363 g/mol. The second kappa shape index (κ2) is 7.72. The molecule has 0 aromatic heterocycles. The highest BCUT2D eigenvalue weighted by molar-refractivity contribution is 8.26. The Labute approximate surface area is 149 Å². The van der Waals surface area contributed by atoms with E-state index in [4.69, 9.17) is 12.2 Å². The molecule has 2 rings (SSSR count). The highest BCUT2D eigenvalue weighted by Crippen LogP contribution is 2.35. The van der Waals surface area contributed by atoms with Gasteiger partial charge in [-0.25, -0.2) is 4.79 Å². The lowest BCUT2D eigenvalue weighted by atomic mass is 9.98. The Balaban J connectivity index is 2.31. The van der Waals surface area contributed by atoms with E-state index in [1.54, 1.807) is 37.3 Å². The summed E-state index contributed by atoms with van der Waals surface area (Å²) in [6.45, 7) is 3.67. The normalized spacial score (nSPS) is 18.8. The van der Waals surface area contributed by atoms with E-state index < -0.39 is 17.9 Å². The number of carboxylic acid groups (broad SMARTS) is 1. The largest absolute Gasteiger partial charge is 0.480 e. The van der Waals surface area contributed by atoms with Gasteiger partial charge in [-0.1, -0.05) is 68.5 Å². The number of nitrogens with zero attached hydrogens (tertiary/aromatic N) is 1. The van der Waals surface area contributed by atoms with Crippen LogP contribution in [-0.4, -0.2) is 38.5 Å². The van der Waals surface area contributed by atoms with Gasteiger partial charge in [0.1, 0.15) is 16.6 Å². The van der Waals surface area contributed by atoms with E-state index in [1.165, 1.54) is 4.90 Å². The molecule has 0 radical (unpaired) electrons. The zero-order valence-corrected chi connectivity index (χ0v) is 14.9. The standard InChI is InChI=1S/C17H17NO4S2/c1-3-10(2)14(16(21)22)18-15(20)13(24-17(18)23)8-11-4-6-12(9-19)7-5-11/h4-10,14H,3H2,1-2H3,(H,21,22)/b13-8+. The van der Waals surface area contributed by atoms with E-state index in [-0.39, 0.29) is 10.2 Å². The molecular weight excluding hydrogens is 346 g/mol. The molecule has 1 aromatic carbocycles. The van der Waals surface area contributed by atoms with Gasteiger partial charge >= 0.3 is 5.97 Å². The third-order valence-corrected chi connectivity index (χ3v) is 5.24. The predicted octanol–water partition coefficient (Wildman–Crippen LogP) is 3.20. The molecule has 1 saturated heterocycles. The molecule has 1 aliphatic heterocycles. The topological polar surface area (TPSA) is 74.7 Å². The fourth-order valence-electron chi connectivity index (χ4n) is 2.37. The number of hydrogen-bond acceptors (Lipinski definition) is 5. The quantitative estimate of drug-likeness (QED) is 0.475. The molecule has 1 N–H and O–H groups in total. The van der Waals surface area contributed by atoms with Crippen molar-refractivity contribution >= 4 is 52.5 Å². The lowest BCUT2D eigenvalue weighted by Crippen LogP contribution is -2.47. The van der Waals surface area contributed by atoms with Crippen LogP contribution in [0.5, 0.6) is 0 Å². The smallest absolute Gasteiger partial charge is 0.327 e. The van der Waals surface area contributed by atoms with E-state index in [1.807, 2.05) is 6.92 Å². The molecule has 126 valence electrons. The Morgan fingerprint density at radius 3 is 2.42 bits per heavy atom. The van der Waals surface area contributed by atoms with Gasteiger partial charge in [0, 0.05) is 5.56 Å². The lowest BCUT2D eigenvalue weighted by Gasteiger charge is -2.27. The predicted molar refractivity (Wildman–Crippen MR) is 97.7 cm³/mol. The lowest BCUT2D eigenvalue weighted by molar-refractivity contribution is -0.147. The molecule has 5 nitrogen and oxygen atoms in total. The Morgan fingerprint density at radius 2 is 1.92 bits per heavy atom. The molecule has 1 aliphatic rings. The first kappa shape index (κ1) is 18.4. The summed E-state index contributed by atoms with van der Waals surface area (Å²) < 4.78 is 0.253.